The third-order valence-electron chi connectivity index (χ3n) is 6.16. The van der Waals surface area contributed by atoms with Crippen molar-refractivity contribution in [3.63, 3.8) is 0 Å². The van der Waals surface area contributed by atoms with Gasteiger partial charge in [-0.15, -0.1) is 0 Å². The second kappa shape index (κ2) is 8.38. The number of carbonyl (C=O) groups is 2. The molecule has 2 aliphatic rings. The predicted molar refractivity (Wildman–Crippen MR) is 122 cm³/mol. The molecule has 1 aliphatic carbocycles. The Kier molecular flexibility index (Phi) is 5.28. The zero-order chi connectivity index (χ0) is 21.2. The molecule has 1 atom stereocenters. The maximum absolute atomic E-state index is 13.4. The van der Waals surface area contributed by atoms with Gasteiger partial charge in [-0.2, -0.15) is 0 Å². The summed E-state index contributed by atoms with van der Waals surface area (Å²) in [5, 5.41) is 2.91. The maximum atomic E-state index is 13.4. The normalized spacial score (nSPS) is 18.2. The summed E-state index contributed by atoms with van der Waals surface area (Å²) in [6, 6.07) is 16.6. The van der Waals surface area contributed by atoms with Gasteiger partial charge in [-0.05, 0) is 56.4 Å². The van der Waals surface area contributed by atoms with Crippen LogP contribution >= 0.6 is 0 Å². The lowest BCUT2D eigenvalue weighted by atomic mass is 9.97. The predicted octanol–water partition coefficient (Wildman–Crippen LogP) is 4.84. The number of fused-ring (bicyclic) bond motifs is 3. The minimum Gasteiger partial charge on any atom is -0.326 e. The molecule has 2 amide bonds. The molecular weight excluding hydrogens is 388 g/mol. The number of nitrogens with zero attached hydrogens (tertiary/aromatic N) is 3. The van der Waals surface area contributed by atoms with Crippen LogP contribution in [0.3, 0.4) is 0 Å². The van der Waals surface area contributed by atoms with Gasteiger partial charge in [-0.1, -0.05) is 42.0 Å². The van der Waals surface area contributed by atoms with Gasteiger partial charge in [0.15, 0.2) is 0 Å². The molecule has 0 saturated heterocycles. The van der Waals surface area contributed by atoms with Crippen molar-refractivity contribution in [3.05, 3.63) is 66.2 Å². The average molecular weight is 415 g/mol. The molecule has 0 spiro atoms. The monoisotopic (exact) mass is 414 g/mol. The Morgan fingerprint density at radius 2 is 1.87 bits per heavy atom. The molecule has 6 heteroatoms. The maximum Gasteiger partial charge on any atom is 0.253 e. The minimum absolute atomic E-state index is 0.0483. The van der Waals surface area contributed by atoms with Crippen molar-refractivity contribution in [1.82, 2.24) is 9.55 Å². The van der Waals surface area contributed by atoms with Crippen LogP contribution in [0.4, 0.5) is 11.6 Å². The van der Waals surface area contributed by atoms with Crippen LogP contribution < -0.4 is 10.2 Å². The van der Waals surface area contributed by atoms with E-state index >= 15 is 0 Å². The van der Waals surface area contributed by atoms with Crippen LogP contribution in [0.5, 0.6) is 0 Å². The standard InChI is InChI=1S/C25H26N4O2/c30-23(26-19-11-5-2-6-12-19)17-22-24(31)28(16-15-18-9-3-1-4-10-18)25-27-20-13-7-8-14-21(20)29(22)25/h2,5-9,11-14,22H,1,3-4,10,15-17H2,(H,26,30)/t22-/m0/s1. The van der Waals surface area contributed by atoms with E-state index < -0.39 is 6.04 Å². The Morgan fingerprint density at radius 1 is 1.06 bits per heavy atom. The number of amides is 2. The SMILES string of the molecule is O=C(C[C@H]1C(=O)N(CCC2=CCCCC2)c2nc3ccccc3n21)Nc1ccccc1. The van der Waals surface area contributed by atoms with Crippen molar-refractivity contribution < 1.29 is 9.59 Å². The Morgan fingerprint density at radius 3 is 2.68 bits per heavy atom. The van der Waals surface area contributed by atoms with Crippen molar-refractivity contribution in [3.8, 4) is 0 Å². The van der Waals surface area contributed by atoms with Crippen molar-refractivity contribution in [2.45, 2.75) is 44.6 Å². The van der Waals surface area contributed by atoms with Gasteiger partial charge in [0.1, 0.15) is 6.04 Å². The zero-order valence-corrected chi connectivity index (χ0v) is 17.5. The van der Waals surface area contributed by atoms with E-state index in [0.717, 1.165) is 36.0 Å². The molecule has 5 rings (SSSR count). The Balaban J connectivity index is 1.41. The summed E-state index contributed by atoms with van der Waals surface area (Å²) in [6.07, 6.45) is 7.97. The fourth-order valence-electron chi connectivity index (χ4n) is 4.60. The number of carbonyl (C=O) groups excluding carboxylic acids is 2. The quantitative estimate of drug-likeness (QED) is 0.587. The molecule has 0 unspecified atom stereocenters. The van der Waals surface area contributed by atoms with E-state index in [2.05, 4.69) is 11.4 Å². The zero-order valence-electron chi connectivity index (χ0n) is 17.5. The number of rotatable bonds is 6. The van der Waals surface area contributed by atoms with Gasteiger partial charge in [-0.3, -0.25) is 19.1 Å². The highest BCUT2D eigenvalue weighted by atomic mass is 16.2. The van der Waals surface area contributed by atoms with Crippen molar-refractivity contribution in [1.29, 1.82) is 0 Å². The number of aromatic nitrogens is 2. The second-order valence-corrected chi connectivity index (χ2v) is 8.25. The molecule has 0 fully saturated rings. The number of hydrogen-bond acceptors (Lipinski definition) is 3. The second-order valence-electron chi connectivity index (χ2n) is 8.25. The van der Waals surface area contributed by atoms with Gasteiger partial charge in [-0.25, -0.2) is 4.98 Å². The first-order chi connectivity index (χ1) is 15.2. The summed E-state index contributed by atoms with van der Waals surface area (Å²) < 4.78 is 1.94. The molecule has 1 N–H and O–H groups in total. The molecule has 2 heterocycles. The fraction of sp³-hybridized carbons (Fsp3) is 0.320. The first-order valence-electron chi connectivity index (χ1n) is 11.0. The molecule has 31 heavy (non-hydrogen) atoms. The molecule has 0 bridgehead atoms. The highest BCUT2D eigenvalue weighted by molar-refractivity contribution is 6.05. The van der Waals surface area contributed by atoms with Crippen LogP contribution in [0, 0.1) is 0 Å². The number of hydrogen-bond donors (Lipinski definition) is 1. The fourth-order valence-corrected chi connectivity index (χ4v) is 4.60. The van der Waals surface area contributed by atoms with Crippen LogP contribution in [0.25, 0.3) is 11.0 Å². The van der Waals surface area contributed by atoms with Gasteiger partial charge in [0, 0.05) is 12.2 Å². The van der Waals surface area contributed by atoms with Gasteiger partial charge in [0.25, 0.3) is 5.91 Å². The van der Waals surface area contributed by atoms with E-state index in [0.29, 0.717) is 12.5 Å². The van der Waals surface area contributed by atoms with Crippen molar-refractivity contribution >= 4 is 34.5 Å². The Labute approximate surface area is 181 Å². The molecule has 0 radical (unpaired) electrons. The largest absolute Gasteiger partial charge is 0.326 e. The Hall–Kier alpha value is -3.41. The number of benzene rings is 2. The van der Waals surface area contributed by atoms with Crippen molar-refractivity contribution in [2.75, 3.05) is 16.8 Å². The van der Waals surface area contributed by atoms with E-state index in [1.165, 1.54) is 18.4 Å². The smallest absolute Gasteiger partial charge is 0.253 e. The lowest BCUT2D eigenvalue weighted by Crippen LogP contribution is -2.32. The van der Waals surface area contributed by atoms with Gasteiger partial charge < -0.3 is 5.32 Å². The topological polar surface area (TPSA) is 67.2 Å². The number of imidazole rings is 1. The lowest BCUT2D eigenvalue weighted by molar-refractivity contribution is -0.124. The van der Waals surface area contributed by atoms with E-state index in [1.807, 2.05) is 59.2 Å². The highest BCUT2D eigenvalue weighted by Gasteiger charge is 2.40. The molecule has 2 aromatic carbocycles. The lowest BCUT2D eigenvalue weighted by Gasteiger charge is -2.18. The molecule has 0 saturated carbocycles. The molecule has 158 valence electrons. The van der Waals surface area contributed by atoms with Crippen molar-refractivity contribution in [2.24, 2.45) is 0 Å². The summed E-state index contributed by atoms with van der Waals surface area (Å²) in [5.41, 5.74) is 3.89. The number of anilines is 2. The number of para-hydroxylation sites is 3. The molecule has 6 nitrogen and oxygen atoms in total. The summed E-state index contributed by atoms with van der Waals surface area (Å²) >= 11 is 0. The van der Waals surface area contributed by atoms with E-state index in [9.17, 15) is 9.59 Å². The molecule has 3 aromatic rings. The molecule has 1 aliphatic heterocycles. The third-order valence-corrected chi connectivity index (χ3v) is 6.16. The van der Waals surface area contributed by atoms with E-state index in [1.54, 1.807) is 4.90 Å². The summed E-state index contributed by atoms with van der Waals surface area (Å²) in [6.45, 7) is 0.602. The van der Waals surface area contributed by atoms with Crippen LogP contribution in [0.15, 0.2) is 66.2 Å². The molecular formula is C25H26N4O2. The van der Waals surface area contributed by atoms with Crippen LogP contribution in [-0.2, 0) is 9.59 Å². The number of allylic oxidation sites excluding steroid dienone is 1. The third kappa shape index (κ3) is 3.85. The summed E-state index contributed by atoms with van der Waals surface area (Å²) in [5.74, 6) is 0.429. The Bertz CT molecular complexity index is 1150. The minimum atomic E-state index is -0.577. The first kappa shape index (κ1) is 19.5. The summed E-state index contributed by atoms with van der Waals surface area (Å²) in [7, 11) is 0. The molecule has 1 aromatic heterocycles. The van der Waals surface area contributed by atoms with E-state index in [4.69, 9.17) is 4.98 Å². The van der Waals surface area contributed by atoms with Crippen LogP contribution in [0.1, 0.15) is 44.6 Å². The number of nitrogens with one attached hydrogen (secondary N) is 1. The van der Waals surface area contributed by atoms with Crippen LogP contribution in [-0.4, -0.2) is 27.9 Å². The van der Waals surface area contributed by atoms with Gasteiger partial charge in [0.05, 0.1) is 17.5 Å². The van der Waals surface area contributed by atoms with Gasteiger partial charge >= 0.3 is 0 Å². The van der Waals surface area contributed by atoms with Gasteiger partial charge in [0.2, 0.25) is 11.9 Å². The summed E-state index contributed by atoms with van der Waals surface area (Å²) in [4.78, 5) is 32.7. The van der Waals surface area contributed by atoms with Crippen LogP contribution in [0.2, 0.25) is 0 Å². The van der Waals surface area contributed by atoms with E-state index in [-0.39, 0.29) is 18.2 Å². The highest BCUT2D eigenvalue weighted by Crippen LogP contribution is 2.37. The first-order valence-corrected chi connectivity index (χ1v) is 11.0. The average Bonchev–Trinajstić information content (AvgIpc) is 3.28.